The summed E-state index contributed by atoms with van der Waals surface area (Å²) in [7, 11) is 0. The second-order valence-electron chi connectivity index (χ2n) is 2.89. The van der Waals surface area contributed by atoms with Crippen molar-refractivity contribution in [1.29, 1.82) is 0 Å². The van der Waals surface area contributed by atoms with Gasteiger partial charge in [-0.3, -0.25) is 4.79 Å². The van der Waals surface area contributed by atoms with Crippen molar-refractivity contribution in [1.82, 2.24) is 0 Å². The lowest BCUT2D eigenvalue weighted by atomic mass is 10.2. The fourth-order valence-corrected chi connectivity index (χ4v) is 1.29. The summed E-state index contributed by atoms with van der Waals surface area (Å²) in [6, 6.07) is 4.40. The Morgan fingerprint density at radius 3 is 2.79 bits per heavy atom. The van der Waals surface area contributed by atoms with Crippen LogP contribution >= 0.6 is 0 Å². The van der Waals surface area contributed by atoms with Gasteiger partial charge >= 0.3 is 0 Å². The molecule has 0 fully saturated rings. The number of nitrogens with two attached hydrogens (primary N) is 2. The third kappa shape index (κ3) is 1.06. The van der Waals surface area contributed by atoms with Gasteiger partial charge in [0.25, 0.3) is 5.91 Å². The number of furan rings is 1. The van der Waals surface area contributed by atoms with Gasteiger partial charge in [-0.05, 0) is 12.1 Å². The Labute approximate surface area is 78.9 Å². The fraction of sp³-hybridized carbons (Fsp3) is 0. The van der Waals surface area contributed by atoms with E-state index in [9.17, 15) is 4.79 Å². The highest BCUT2D eigenvalue weighted by molar-refractivity contribution is 6.04. The SMILES string of the molecule is NC(=O)c1oc2cc(O)ccc2c1N. The standard InChI is InChI=1S/C9H8N2O3/c10-7-5-2-1-4(12)3-6(5)14-8(7)9(11)13/h1-3,12H,10H2,(H2,11,13). The van der Waals surface area contributed by atoms with Crippen LogP contribution in [0.25, 0.3) is 11.0 Å². The Balaban J connectivity index is 2.79. The molecule has 5 nitrogen and oxygen atoms in total. The third-order valence-corrected chi connectivity index (χ3v) is 1.94. The van der Waals surface area contributed by atoms with E-state index >= 15 is 0 Å². The molecule has 0 unspecified atom stereocenters. The summed E-state index contributed by atoms with van der Waals surface area (Å²) in [4.78, 5) is 10.9. The molecule has 0 atom stereocenters. The van der Waals surface area contributed by atoms with Gasteiger partial charge in [0.05, 0.1) is 5.69 Å². The van der Waals surface area contributed by atoms with Crippen molar-refractivity contribution in [2.75, 3.05) is 5.73 Å². The van der Waals surface area contributed by atoms with Crippen LogP contribution in [0.2, 0.25) is 0 Å². The maximum atomic E-state index is 10.9. The van der Waals surface area contributed by atoms with Crippen molar-refractivity contribution in [2.45, 2.75) is 0 Å². The highest BCUT2D eigenvalue weighted by Gasteiger charge is 2.15. The van der Waals surface area contributed by atoms with Crippen LogP contribution in [0, 0.1) is 0 Å². The van der Waals surface area contributed by atoms with Gasteiger partial charge in [0.1, 0.15) is 11.3 Å². The molecule has 0 aliphatic rings. The maximum absolute atomic E-state index is 10.9. The second kappa shape index (κ2) is 2.66. The summed E-state index contributed by atoms with van der Waals surface area (Å²) in [5.74, 6) is -0.758. The molecule has 1 aromatic heterocycles. The van der Waals surface area contributed by atoms with Gasteiger partial charge in [-0.25, -0.2) is 0 Å². The zero-order chi connectivity index (χ0) is 10.3. The number of benzene rings is 1. The molecular formula is C9H8N2O3. The minimum atomic E-state index is -0.724. The van der Waals surface area contributed by atoms with Crippen LogP contribution in [0.5, 0.6) is 5.75 Å². The van der Waals surface area contributed by atoms with Crippen LogP contribution in [0.15, 0.2) is 22.6 Å². The van der Waals surface area contributed by atoms with E-state index in [4.69, 9.17) is 21.0 Å². The van der Waals surface area contributed by atoms with Gasteiger partial charge in [-0.15, -0.1) is 0 Å². The monoisotopic (exact) mass is 192 g/mol. The molecule has 0 saturated heterocycles. The minimum Gasteiger partial charge on any atom is -0.508 e. The maximum Gasteiger partial charge on any atom is 0.286 e. The number of nitrogen functional groups attached to an aromatic ring is 1. The molecule has 0 aliphatic heterocycles. The summed E-state index contributed by atoms with van der Waals surface area (Å²) in [6.07, 6.45) is 0. The van der Waals surface area contributed by atoms with Gasteiger partial charge in [0, 0.05) is 11.5 Å². The Bertz CT molecular complexity index is 516. The molecule has 2 rings (SSSR count). The molecule has 0 bridgehead atoms. The predicted molar refractivity (Wildman–Crippen MR) is 50.8 cm³/mol. The number of rotatable bonds is 1. The molecule has 2 aromatic rings. The number of phenols is 1. The van der Waals surface area contributed by atoms with Gasteiger partial charge in [0.2, 0.25) is 5.76 Å². The first-order valence-electron chi connectivity index (χ1n) is 3.90. The molecule has 1 amide bonds. The molecule has 72 valence electrons. The average Bonchev–Trinajstić information content (AvgIpc) is 2.43. The van der Waals surface area contributed by atoms with Crippen molar-refractivity contribution in [2.24, 2.45) is 5.73 Å². The third-order valence-electron chi connectivity index (χ3n) is 1.94. The van der Waals surface area contributed by atoms with Crippen LogP contribution in [-0.4, -0.2) is 11.0 Å². The van der Waals surface area contributed by atoms with Crippen LogP contribution in [0.3, 0.4) is 0 Å². The highest BCUT2D eigenvalue weighted by Crippen LogP contribution is 2.30. The average molecular weight is 192 g/mol. The van der Waals surface area contributed by atoms with Gasteiger partial charge < -0.3 is 21.0 Å². The number of primary amides is 1. The lowest BCUT2D eigenvalue weighted by molar-refractivity contribution is 0.0977. The second-order valence-corrected chi connectivity index (χ2v) is 2.89. The Morgan fingerprint density at radius 1 is 1.43 bits per heavy atom. The number of hydrogen-bond donors (Lipinski definition) is 3. The molecule has 5 N–H and O–H groups in total. The lowest BCUT2D eigenvalue weighted by Crippen LogP contribution is -2.11. The Kier molecular flexibility index (Phi) is 1.60. The van der Waals surface area contributed by atoms with Crippen molar-refractivity contribution < 1.29 is 14.3 Å². The van der Waals surface area contributed by atoms with Gasteiger partial charge in [0.15, 0.2) is 0 Å². The Hall–Kier alpha value is -2.17. The van der Waals surface area contributed by atoms with Crippen molar-refractivity contribution in [3.8, 4) is 5.75 Å². The van der Waals surface area contributed by atoms with Crippen LogP contribution < -0.4 is 11.5 Å². The van der Waals surface area contributed by atoms with E-state index < -0.39 is 5.91 Å². The van der Waals surface area contributed by atoms with Crippen LogP contribution in [-0.2, 0) is 0 Å². The highest BCUT2D eigenvalue weighted by atomic mass is 16.3. The number of anilines is 1. The van der Waals surface area contributed by atoms with E-state index in [-0.39, 0.29) is 17.2 Å². The molecular weight excluding hydrogens is 184 g/mol. The Morgan fingerprint density at radius 2 is 2.14 bits per heavy atom. The molecule has 0 aliphatic carbocycles. The number of carbonyl (C=O) groups is 1. The first-order chi connectivity index (χ1) is 6.59. The molecule has 0 radical (unpaired) electrons. The van der Waals surface area contributed by atoms with Crippen molar-refractivity contribution >= 4 is 22.6 Å². The number of fused-ring (bicyclic) bond motifs is 1. The van der Waals surface area contributed by atoms with E-state index in [1.165, 1.54) is 12.1 Å². The topological polar surface area (TPSA) is 102 Å². The van der Waals surface area contributed by atoms with Gasteiger partial charge in [-0.1, -0.05) is 0 Å². The number of amides is 1. The summed E-state index contributed by atoms with van der Waals surface area (Å²) in [5.41, 5.74) is 11.2. The van der Waals surface area contributed by atoms with Gasteiger partial charge in [-0.2, -0.15) is 0 Å². The fourth-order valence-electron chi connectivity index (χ4n) is 1.29. The normalized spacial score (nSPS) is 10.6. The first kappa shape index (κ1) is 8.43. The molecule has 5 heteroatoms. The molecule has 0 spiro atoms. The van der Waals surface area contributed by atoms with Crippen molar-refractivity contribution in [3.63, 3.8) is 0 Å². The number of phenolic OH excluding ortho intramolecular Hbond substituents is 1. The number of carbonyl (C=O) groups excluding carboxylic acids is 1. The number of aromatic hydroxyl groups is 1. The zero-order valence-electron chi connectivity index (χ0n) is 7.15. The van der Waals surface area contributed by atoms with E-state index in [1.807, 2.05) is 0 Å². The zero-order valence-corrected chi connectivity index (χ0v) is 7.15. The quantitative estimate of drug-likeness (QED) is 0.622. The smallest absolute Gasteiger partial charge is 0.286 e. The van der Waals surface area contributed by atoms with E-state index in [0.29, 0.717) is 11.0 Å². The largest absolute Gasteiger partial charge is 0.508 e. The summed E-state index contributed by atoms with van der Waals surface area (Å²) in [5, 5.41) is 9.72. The molecule has 1 aromatic carbocycles. The molecule has 14 heavy (non-hydrogen) atoms. The minimum absolute atomic E-state index is 0.0438. The molecule has 0 saturated carbocycles. The lowest BCUT2D eigenvalue weighted by Gasteiger charge is -1.90. The van der Waals surface area contributed by atoms with E-state index in [1.54, 1.807) is 6.07 Å². The number of hydrogen-bond acceptors (Lipinski definition) is 4. The predicted octanol–water partition coefficient (Wildman–Crippen LogP) is 0.819. The van der Waals surface area contributed by atoms with Crippen LogP contribution in [0.1, 0.15) is 10.6 Å². The van der Waals surface area contributed by atoms with E-state index in [2.05, 4.69) is 0 Å². The van der Waals surface area contributed by atoms with Crippen molar-refractivity contribution in [3.05, 3.63) is 24.0 Å². The van der Waals surface area contributed by atoms with E-state index in [0.717, 1.165) is 0 Å². The summed E-state index contributed by atoms with van der Waals surface area (Å²) >= 11 is 0. The summed E-state index contributed by atoms with van der Waals surface area (Å²) < 4.78 is 5.08. The van der Waals surface area contributed by atoms with Crippen LogP contribution in [0.4, 0.5) is 5.69 Å². The first-order valence-corrected chi connectivity index (χ1v) is 3.90. The summed E-state index contributed by atoms with van der Waals surface area (Å²) in [6.45, 7) is 0. The molecule has 1 heterocycles.